The zero-order valence-corrected chi connectivity index (χ0v) is 14.0. The van der Waals surface area contributed by atoms with E-state index in [1.807, 2.05) is 42.5 Å². The largest absolute Gasteiger partial charge is 0.271 e. The van der Waals surface area contributed by atoms with Crippen LogP contribution < -0.4 is 11.3 Å². The lowest BCUT2D eigenvalue weighted by molar-refractivity contribution is 0.550. The lowest BCUT2D eigenvalue weighted by Gasteiger charge is -2.18. The Labute approximate surface area is 134 Å². The van der Waals surface area contributed by atoms with Crippen LogP contribution in [0.5, 0.6) is 0 Å². The van der Waals surface area contributed by atoms with Crippen molar-refractivity contribution in [3.05, 3.63) is 67.6 Å². The molecule has 19 heavy (non-hydrogen) atoms. The van der Waals surface area contributed by atoms with Crippen molar-refractivity contribution in [2.24, 2.45) is 5.84 Å². The Kier molecular flexibility index (Phi) is 5.42. The molecule has 1 atom stereocenters. The van der Waals surface area contributed by atoms with Crippen LogP contribution in [0.15, 0.2) is 51.4 Å². The monoisotopic (exact) mass is 402 g/mol. The number of benzene rings is 2. The van der Waals surface area contributed by atoms with Crippen LogP contribution in [0.2, 0.25) is 5.02 Å². The molecule has 0 aliphatic heterocycles. The topological polar surface area (TPSA) is 38.0 Å². The van der Waals surface area contributed by atoms with Gasteiger partial charge in [-0.25, -0.2) is 0 Å². The molecule has 0 fully saturated rings. The summed E-state index contributed by atoms with van der Waals surface area (Å²) in [5, 5.41) is 0.738. The molecule has 0 saturated heterocycles. The summed E-state index contributed by atoms with van der Waals surface area (Å²) < 4.78 is 2.01. The molecule has 0 heterocycles. The van der Waals surface area contributed by atoms with Crippen molar-refractivity contribution in [2.45, 2.75) is 12.5 Å². The molecule has 0 spiro atoms. The van der Waals surface area contributed by atoms with E-state index in [1.54, 1.807) is 0 Å². The Bertz CT molecular complexity index is 575. The molecule has 0 bridgehead atoms. The van der Waals surface area contributed by atoms with Crippen LogP contribution >= 0.6 is 43.5 Å². The first kappa shape index (κ1) is 15.0. The minimum absolute atomic E-state index is 0.00857. The first-order valence-corrected chi connectivity index (χ1v) is 7.72. The summed E-state index contributed by atoms with van der Waals surface area (Å²) in [6.45, 7) is 0. The Balaban J connectivity index is 2.27. The molecule has 100 valence electrons. The Hall–Kier alpha value is -0.390. The second kappa shape index (κ2) is 6.86. The normalized spacial score (nSPS) is 12.4. The molecule has 0 saturated carbocycles. The van der Waals surface area contributed by atoms with Crippen LogP contribution in [0.3, 0.4) is 0 Å². The van der Waals surface area contributed by atoms with Gasteiger partial charge in [-0.1, -0.05) is 67.7 Å². The Morgan fingerprint density at radius 2 is 1.89 bits per heavy atom. The molecule has 0 aliphatic carbocycles. The van der Waals surface area contributed by atoms with Gasteiger partial charge in [0.15, 0.2) is 0 Å². The summed E-state index contributed by atoms with van der Waals surface area (Å²) in [4.78, 5) is 0. The summed E-state index contributed by atoms with van der Waals surface area (Å²) in [7, 11) is 0. The summed E-state index contributed by atoms with van der Waals surface area (Å²) in [5.41, 5.74) is 5.02. The van der Waals surface area contributed by atoms with Gasteiger partial charge in [0, 0.05) is 14.0 Å². The highest BCUT2D eigenvalue weighted by atomic mass is 79.9. The third-order valence-corrected chi connectivity index (χ3v) is 4.49. The maximum Gasteiger partial charge on any atom is 0.0511 e. The van der Waals surface area contributed by atoms with E-state index in [1.165, 1.54) is 0 Å². The smallest absolute Gasteiger partial charge is 0.0511 e. The minimum atomic E-state index is 0.00857. The highest BCUT2D eigenvalue weighted by molar-refractivity contribution is 9.10. The lowest BCUT2D eigenvalue weighted by Crippen LogP contribution is -2.29. The number of hydrazine groups is 1. The van der Waals surface area contributed by atoms with Crippen molar-refractivity contribution in [1.29, 1.82) is 0 Å². The van der Waals surface area contributed by atoms with Crippen LogP contribution in [0.25, 0.3) is 0 Å². The Morgan fingerprint density at radius 1 is 1.16 bits per heavy atom. The first-order chi connectivity index (χ1) is 9.11. The average Bonchev–Trinajstić information content (AvgIpc) is 2.39. The van der Waals surface area contributed by atoms with Gasteiger partial charge < -0.3 is 0 Å². The van der Waals surface area contributed by atoms with Gasteiger partial charge >= 0.3 is 0 Å². The number of hydrogen-bond donors (Lipinski definition) is 2. The van der Waals surface area contributed by atoms with Crippen LogP contribution in [0.4, 0.5) is 0 Å². The van der Waals surface area contributed by atoms with Gasteiger partial charge in [0.2, 0.25) is 0 Å². The Morgan fingerprint density at radius 3 is 2.53 bits per heavy atom. The highest BCUT2D eigenvalue weighted by Crippen LogP contribution is 2.29. The van der Waals surface area contributed by atoms with Gasteiger partial charge in [0.05, 0.1) is 6.04 Å². The molecular formula is C14H13Br2ClN2. The second-order valence-corrected chi connectivity index (χ2v) is 6.36. The van der Waals surface area contributed by atoms with Gasteiger partial charge in [0.25, 0.3) is 0 Å². The van der Waals surface area contributed by atoms with Crippen molar-refractivity contribution in [3.8, 4) is 0 Å². The number of nitrogens with one attached hydrogen (secondary N) is 1. The molecule has 0 amide bonds. The molecule has 5 heteroatoms. The van der Waals surface area contributed by atoms with Crippen LogP contribution in [-0.2, 0) is 6.42 Å². The van der Waals surface area contributed by atoms with E-state index >= 15 is 0 Å². The predicted molar refractivity (Wildman–Crippen MR) is 87.1 cm³/mol. The molecule has 3 N–H and O–H groups in total. The van der Waals surface area contributed by atoms with Crippen LogP contribution in [0, 0.1) is 0 Å². The molecule has 0 aromatic heterocycles. The SMILES string of the molecule is NNC(Cc1ccc(Br)cc1Cl)c1ccccc1Br. The van der Waals surface area contributed by atoms with Gasteiger partial charge in [0.1, 0.15) is 0 Å². The number of halogens is 3. The molecule has 2 nitrogen and oxygen atoms in total. The quantitative estimate of drug-likeness (QED) is 0.577. The van der Waals surface area contributed by atoms with Gasteiger partial charge in [-0.15, -0.1) is 0 Å². The average molecular weight is 405 g/mol. The molecule has 1 unspecified atom stereocenters. The van der Waals surface area contributed by atoms with Gasteiger partial charge in [-0.2, -0.15) is 0 Å². The van der Waals surface area contributed by atoms with E-state index in [4.69, 9.17) is 17.4 Å². The molecule has 2 aromatic carbocycles. The van der Waals surface area contributed by atoms with Crippen molar-refractivity contribution in [1.82, 2.24) is 5.43 Å². The van der Waals surface area contributed by atoms with Gasteiger partial charge in [-0.05, 0) is 35.7 Å². The van der Waals surface area contributed by atoms with E-state index in [-0.39, 0.29) is 6.04 Å². The maximum atomic E-state index is 6.25. The first-order valence-electron chi connectivity index (χ1n) is 5.76. The summed E-state index contributed by atoms with van der Waals surface area (Å²) in [6, 6.07) is 13.9. The second-order valence-electron chi connectivity index (χ2n) is 4.18. The fraction of sp³-hybridized carbons (Fsp3) is 0.143. The van der Waals surface area contributed by atoms with Crippen LogP contribution in [-0.4, -0.2) is 0 Å². The van der Waals surface area contributed by atoms with Crippen molar-refractivity contribution < 1.29 is 0 Å². The zero-order chi connectivity index (χ0) is 13.8. The maximum absolute atomic E-state index is 6.25. The highest BCUT2D eigenvalue weighted by Gasteiger charge is 2.15. The zero-order valence-electron chi connectivity index (χ0n) is 10.0. The predicted octanol–water partition coefficient (Wildman–Crippen LogP) is 4.61. The molecule has 0 radical (unpaired) electrons. The molecule has 2 rings (SSSR count). The molecular weight excluding hydrogens is 391 g/mol. The van der Waals surface area contributed by atoms with E-state index in [0.29, 0.717) is 0 Å². The fourth-order valence-electron chi connectivity index (χ4n) is 1.92. The van der Waals surface area contributed by atoms with E-state index in [2.05, 4.69) is 37.3 Å². The van der Waals surface area contributed by atoms with Gasteiger partial charge in [-0.3, -0.25) is 11.3 Å². The summed E-state index contributed by atoms with van der Waals surface area (Å²) in [6.07, 6.45) is 0.727. The summed E-state index contributed by atoms with van der Waals surface area (Å²) >= 11 is 13.2. The van der Waals surface area contributed by atoms with E-state index < -0.39 is 0 Å². The lowest BCUT2D eigenvalue weighted by atomic mass is 9.99. The third-order valence-electron chi connectivity index (χ3n) is 2.92. The van der Waals surface area contributed by atoms with E-state index in [0.717, 1.165) is 31.5 Å². The number of hydrogen-bond acceptors (Lipinski definition) is 2. The number of rotatable bonds is 4. The van der Waals surface area contributed by atoms with E-state index in [9.17, 15) is 0 Å². The van der Waals surface area contributed by atoms with Crippen LogP contribution in [0.1, 0.15) is 17.2 Å². The number of nitrogens with two attached hydrogens (primary N) is 1. The molecule has 0 aliphatic rings. The van der Waals surface area contributed by atoms with Crippen molar-refractivity contribution in [3.63, 3.8) is 0 Å². The minimum Gasteiger partial charge on any atom is -0.271 e. The van der Waals surface area contributed by atoms with Crippen molar-refractivity contribution >= 4 is 43.5 Å². The summed E-state index contributed by atoms with van der Waals surface area (Å²) in [5.74, 6) is 5.68. The standard InChI is InChI=1S/C14H13Br2ClN2/c15-10-6-5-9(13(17)8-10)7-14(19-18)11-3-1-2-4-12(11)16/h1-6,8,14,19H,7,18H2. The third kappa shape index (κ3) is 3.80. The fourth-order valence-corrected chi connectivity index (χ4v) is 3.24. The molecule has 2 aromatic rings. The van der Waals surface area contributed by atoms with Crippen molar-refractivity contribution in [2.75, 3.05) is 0 Å².